The van der Waals surface area contributed by atoms with Gasteiger partial charge in [-0.3, -0.25) is 4.79 Å². The standard InChI is InChI=1S/C13H11NO2/c14-11-2-1-3-12(16)13(11)10-6-4-9(8-15)5-7-10/h1-8,16H,14H2. The number of benzene rings is 2. The molecule has 0 saturated heterocycles. The summed E-state index contributed by atoms with van der Waals surface area (Å²) in [4.78, 5) is 10.5. The Morgan fingerprint density at radius 3 is 2.31 bits per heavy atom. The molecular weight excluding hydrogens is 202 g/mol. The normalized spacial score (nSPS) is 10.0. The van der Waals surface area contributed by atoms with Crippen molar-refractivity contribution in [1.29, 1.82) is 0 Å². The minimum absolute atomic E-state index is 0.138. The molecule has 0 saturated carbocycles. The number of anilines is 1. The fraction of sp³-hybridized carbons (Fsp3) is 0. The third-order valence-corrected chi connectivity index (χ3v) is 2.41. The molecule has 0 bridgehead atoms. The molecule has 3 N–H and O–H groups in total. The molecule has 0 unspecified atom stereocenters. The SMILES string of the molecule is Nc1cccc(O)c1-c1ccc(C=O)cc1. The van der Waals surface area contributed by atoms with E-state index in [0.717, 1.165) is 11.8 Å². The highest BCUT2D eigenvalue weighted by molar-refractivity contribution is 5.83. The van der Waals surface area contributed by atoms with Crippen LogP contribution in [0.5, 0.6) is 5.75 Å². The summed E-state index contributed by atoms with van der Waals surface area (Å²) in [5.41, 5.74) is 8.29. The molecule has 0 aliphatic heterocycles. The molecule has 2 rings (SSSR count). The molecule has 0 aromatic heterocycles. The van der Waals surface area contributed by atoms with Crippen LogP contribution in [0.4, 0.5) is 5.69 Å². The second kappa shape index (κ2) is 4.06. The summed E-state index contributed by atoms with van der Waals surface area (Å²) in [5, 5.41) is 9.72. The molecule has 0 radical (unpaired) electrons. The molecule has 0 fully saturated rings. The van der Waals surface area contributed by atoms with Gasteiger partial charge in [0.25, 0.3) is 0 Å². The first kappa shape index (κ1) is 10.2. The van der Waals surface area contributed by atoms with Crippen molar-refractivity contribution < 1.29 is 9.90 Å². The van der Waals surface area contributed by atoms with Crippen molar-refractivity contribution in [3.63, 3.8) is 0 Å². The van der Waals surface area contributed by atoms with Crippen molar-refractivity contribution >= 4 is 12.0 Å². The van der Waals surface area contributed by atoms with Crippen molar-refractivity contribution in [2.24, 2.45) is 0 Å². The Balaban J connectivity index is 2.54. The van der Waals surface area contributed by atoms with E-state index in [2.05, 4.69) is 0 Å². The van der Waals surface area contributed by atoms with Gasteiger partial charge in [-0.25, -0.2) is 0 Å². The number of carbonyl (C=O) groups excluding carboxylic acids is 1. The lowest BCUT2D eigenvalue weighted by Gasteiger charge is -2.08. The summed E-state index contributed by atoms with van der Waals surface area (Å²) in [6.45, 7) is 0. The second-order valence-electron chi connectivity index (χ2n) is 3.48. The molecular formula is C13H11NO2. The summed E-state index contributed by atoms with van der Waals surface area (Å²) in [6.07, 6.45) is 0.776. The van der Waals surface area contributed by atoms with Gasteiger partial charge in [-0.05, 0) is 17.7 Å². The van der Waals surface area contributed by atoms with E-state index in [0.29, 0.717) is 16.8 Å². The van der Waals surface area contributed by atoms with E-state index in [1.165, 1.54) is 0 Å². The van der Waals surface area contributed by atoms with E-state index in [1.807, 2.05) is 0 Å². The number of carbonyl (C=O) groups is 1. The molecule has 3 nitrogen and oxygen atoms in total. The number of aldehydes is 1. The molecule has 0 heterocycles. The summed E-state index contributed by atoms with van der Waals surface area (Å²) >= 11 is 0. The Kier molecular flexibility index (Phi) is 2.60. The van der Waals surface area contributed by atoms with Crippen LogP contribution in [-0.2, 0) is 0 Å². The molecule has 2 aromatic rings. The molecule has 80 valence electrons. The summed E-state index contributed by atoms with van der Waals surface area (Å²) in [5.74, 6) is 0.138. The Morgan fingerprint density at radius 2 is 1.75 bits per heavy atom. The first-order valence-electron chi connectivity index (χ1n) is 4.85. The fourth-order valence-corrected chi connectivity index (χ4v) is 1.60. The Bertz CT molecular complexity index is 498. The van der Waals surface area contributed by atoms with E-state index >= 15 is 0 Å². The van der Waals surface area contributed by atoms with Gasteiger partial charge in [-0.2, -0.15) is 0 Å². The van der Waals surface area contributed by atoms with Gasteiger partial charge in [0.05, 0.1) is 0 Å². The average Bonchev–Trinajstić information content (AvgIpc) is 2.30. The lowest BCUT2D eigenvalue weighted by Crippen LogP contribution is -1.90. The maximum Gasteiger partial charge on any atom is 0.150 e. The monoisotopic (exact) mass is 213 g/mol. The predicted molar refractivity (Wildman–Crippen MR) is 63.3 cm³/mol. The van der Waals surface area contributed by atoms with Gasteiger partial charge in [0.1, 0.15) is 12.0 Å². The number of nitrogen functional groups attached to an aromatic ring is 1. The highest BCUT2D eigenvalue weighted by Gasteiger charge is 2.07. The number of hydrogen-bond acceptors (Lipinski definition) is 3. The summed E-state index contributed by atoms with van der Waals surface area (Å²) in [7, 11) is 0. The zero-order chi connectivity index (χ0) is 11.5. The maximum absolute atomic E-state index is 10.5. The third-order valence-electron chi connectivity index (χ3n) is 2.41. The Hall–Kier alpha value is -2.29. The van der Waals surface area contributed by atoms with Gasteiger partial charge in [-0.15, -0.1) is 0 Å². The first-order valence-corrected chi connectivity index (χ1v) is 4.85. The zero-order valence-corrected chi connectivity index (χ0v) is 8.55. The van der Waals surface area contributed by atoms with Gasteiger partial charge in [-0.1, -0.05) is 30.3 Å². The van der Waals surface area contributed by atoms with Crippen LogP contribution in [-0.4, -0.2) is 11.4 Å². The van der Waals surface area contributed by atoms with Crippen LogP contribution >= 0.6 is 0 Å². The molecule has 3 heteroatoms. The quantitative estimate of drug-likeness (QED) is 0.595. The van der Waals surface area contributed by atoms with Crippen LogP contribution < -0.4 is 5.73 Å². The predicted octanol–water partition coefficient (Wildman–Crippen LogP) is 2.45. The van der Waals surface area contributed by atoms with Gasteiger partial charge in [0.2, 0.25) is 0 Å². The van der Waals surface area contributed by atoms with Crippen LogP contribution in [0.15, 0.2) is 42.5 Å². The summed E-state index contributed by atoms with van der Waals surface area (Å²) in [6, 6.07) is 11.9. The summed E-state index contributed by atoms with van der Waals surface area (Å²) < 4.78 is 0. The van der Waals surface area contributed by atoms with Crippen molar-refractivity contribution in [1.82, 2.24) is 0 Å². The lowest BCUT2D eigenvalue weighted by molar-refractivity contribution is 0.112. The largest absolute Gasteiger partial charge is 0.507 e. The van der Waals surface area contributed by atoms with Crippen LogP contribution in [0.2, 0.25) is 0 Å². The van der Waals surface area contributed by atoms with Crippen LogP contribution in [0.25, 0.3) is 11.1 Å². The zero-order valence-electron chi connectivity index (χ0n) is 8.55. The third kappa shape index (κ3) is 1.75. The average molecular weight is 213 g/mol. The second-order valence-corrected chi connectivity index (χ2v) is 3.48. The van der Waals surface area contributed by atoms with E-state index in [1.54, 1.807) is 42.5 Å². The van der Waals surface area contributed by atoms with Gasteiger partial charge >= 0.3 is 0 Å². The van der Waals surface area contributed by atoms with E-state index in [9.17, 15) is 9.90 Å². The molecule has 0 aliphatic carbocycles. The topological polar surface area (TPSA) is 63.3 Å². The van der Waals surface area contributed by atoms with Crippen LogP contribution in [0.1, 0.15) is 10.4 Å². The van der Waals surface area contributed by atoms with Crippen molar-refractivity contribution in [3.8, 4) is 16.9 Å². The number of phenolic OH excluding ortho intramolecular Hbond substituents is 1. The molecule has 0 atom stereocenters. The molecule has 0 amide bonds. The van der Waals surface area contributed by atoms with Gasteiger partial charge in [0, 0.05) is 16.8 Å². The lowest BCUT2D eigenvalue weighted by atomic mass is 10.0. The van der Waals surface area contributed by atoms with Gasteiger partial charge < -0.3 is 10.8 Å². The number of aromatic hydroxyl groups is 1. The molecule has 2 aromatic carbocycles. The highest BCUT2D eigenvalue weighted by Crippen LogP contribution is 2.34. The smallest absolute Gasteiger partial charge is 0.150 e. The number of phenols is 1. The molecule has 16 heavy (non-hydrogen) atoms. The van der Waals surface area contributed by atoms with Crippen molar-refractivity contribution in [2.45, 2.75) is 0 Å². The molecule has 0 spiro atoms. The maximum atomic E-state index is 10.5. The Labute approximate surface area is 93.1 Å². The number of rotatable bonds is 2. The highest BCUT2D eigenvalue weighted by atomic mass is 16.3. The molecule has 0 aliphatic rings. The van der Waals surface area contributed by atoms with E-state index in [-0.39, 0.29) is 5.75 Å². The number of hydrogen-bond donors (Lipinski definition) is 2. The fourth-order valence-electron chi connectivity index (χ4n) is 1.60. The van der Waals surface area contributed by atoms with E-state index in [4.69, 9.17) is 5.73 Å². The van der Waals surface area contributed by atoms with Crippen molar-refractivity contribution in [2.75, 3.05) is 5.73 Å². The van der Waals surface area contributed by atoms with Crippen LogP contribution in [0, 0.1) is 0 Å². The first-order chi connectivity index (χ1) is 7.72. The van der Waals surface area contributed by atoms with Crippen LogP contribution in [0.3, 0.4) is 0 Å². The minimum atomic E-state index is 0.138. The van der Waals surface area contributed by atoms with E-state index < -0.39 is 0 Å². The minimum Gasteiger partial charge on any atom is -0.507 e. The Morgan fingerprint density at radius 1 is 1.06 bits per heavy atom. The van der Waals surface area contributed by atoms with Gasteiger partial charge in [0.15, 0.2) is 0 Å². The number of nitrogens with two attached hydrogens (primary N) is 1. The van der Waals surface area contributed by atoms with Crippen molar-refractivity contribution in [3.05, 3.63) is 48.0 Å².